The maximum absolute atomic E-state index is 10.0. The number of piperidine rings is 1. The van der Waals surface area contributed by atoms with Crippen molar-refractivity contribution in [3.8, 4) is 0 Å². The molecule has 0 aliphatic carbocycles. The Kier molecular flexibility index (Phi) is 5.06. The zero-order chi connectivity index (χ0) is 16.4. The van der Waals surface area contributed by atoms with E-state index in [9.17, 15) is 10.3 Å². The van der Waals surface area contributed by atoms with Gasteiger partial charge in [0.1, 0.15) is 0 Å². The van der Waals surface area contributed by atoms with Crippen molar-refractivity contribution in [3.63, 3.8) is 0 Å². The van der Waals surface area contributed by atoms with Crippen LogP contribution in [-0.4, -0.2) is 44.3 Å². The van der Waals surface area contributed by atoms with Gasteiger partial charge >= 0.3 is 0 Å². The van der Waals surface area contributed by atoms with E-state index in [-0.39, 0.29) is 6.04 Å². The molecule has 0 radical (unpaired) electrons. The molecule has 3 N–H and O–H groups in total. The van der Waals surface area contributed by atoms with Crippen LogP contribution in [0.4, 0.5) is 0 Å². The summed E-state index contributed by atoms with van der Waals surface area (Å²) >= 11 is 12.1. The Morgan fingerprint density at radius 3 is 2.91 bits per heavy atom. The summed E-state index contributed by atoms with van der Waals surface area (Å²) in [6.45, 7) is 1.23. The molecule has 6 nitrogen and oxygen atoms in total. The van der Waals surface area contributed by atoms with E-state index >= 15 is 0 Å². The van der Waals surface area contributed by atoms with Crippen LogP contribution in [0.15, 0.2) is 23.6 Å². The summed E-state index contributed by atoms with van der Waals surface area (Å²) in [7, 11) is 0. The summed E-state index contributed by atoms with van der Waals surface area (Å²) in [5, 5.41) is 26.9. The van der Waals surface area contributed by atoms with E-state index in [4.69, 9.17) is 23.2 Å². The molecule has 3 rings (SSSR count). The first-order valence-corrected chi connectivity index (χ1v) is 8.25. The maximum Gasteiger partial charge on any atom is 0.0961 e. The fourth-order valence-electron chi connectivity index (χ4n) is 2.91. The summed E-state index contributed by atoms with van der Waals surface area (Å²) in [5.74, 6) is 0. The van der Waals surface area contributed by atoms with Crippen LogP contribution in [0.1, 0.15) is 19.3 Å². The Morgan fingerprint density at radius 1 is 1.39 bits per heavy atom. The minimum absolute atomic E-state index is 0.0949. The first-order valence-electron chi connectivity index (χ1n) is 7.49. The molecule has 8 heteroatoms. The van der Waals surface area contributed by atoms with E-state index in [2.05, 4.69) is 15.5 Å². The quantitative estimate of drug-likeness (QED) is 0.446. The number of oxime groups is 1. The second-order valence-electron chi connectivity index (χ2n) is 5.77. The van der Waals surface area contributed by atoms with Crippen LogP contribution in [0, 0.1) is 0 Å². The zero-order valence-corrected chi connectivity index (χ0v) is 13.9. The van der Waals surface area contributed by atoms with Gasteiger partial charge < -0.3 is 20.2 Å². The summed E-state index contributed by atoms with van der Waals surface area (Å²) in [6, 6.07) is 3.36. The number of aliphatic hydroxyl groups excluding tert-OH is 1. The third-order valence-corrected chi connectivity index (χ3v) is 4.88. The van der Waals surface area contributed by atoms with E-state index in [0.29, 0.717) is 28.7 Å². The first kappa shape index (κ1) is 16.5. The van der Waals surface area contributed by atoms with Crippen LogP contribution in [0.25, 0.3) is 11.0 Å². The molecule has 1 aromatic carbocycles. The van der Waals surface area contributed by atoms with Crippen LogP contribution in [-0.2, 0) is 6.54 Å². The largest absolute Gasteiger partial charge is 0.411 e. The van der Waals surface area contributed by atoms with Gasteiger partial charge in [0, 0.05) is 12.5 Å². The van der Waals surface area contributed by atoms with Crippen molar-refractivity contribution in [1.29, 1.82) is 0 Å². The highest BCUT2D eigenvalue weighted by Gasteiger charge is 2.24. The van der Waals surface area contributed by atoms with Gasteiger partial charge in [0.15, 0.2) is 0 Å². The normalized spacial score (nSPS) is 22.7. The molecule has 1 aliphatic heterocycles. The molecule has 23 heavy (non-hydrogen) atoms. The highest BCUT2D eigenvalue weighted by molar-refractivity contribution is 6.42. The Bertz CT molecular complexity index is 732. The molecule has 2 heterocycles. The maximum atomic E-state index is 10.0. The van der Waals surface area contributed by atoms with Gasteiger partial charge in [-0.1, -0.05) is 28.4 Å². The van der Waals surface area contributed by atoms with Crippen molar-refractivity contribution in [2.75, 3.05) is 6.54 Å². The van der Waals surface area contributed by atoms with Gasteiger partial charge in [-0.25, -0.2) is 4.98 Å². The highest BCUT2D eigenvalue weighted by atomic mass is 35.5. The van der Waals surface area contributed by atoms with E-state index in [1.807, 2.05) is 4.57 Å². The number of hydrogen-bond donors (Lipinski definition) is 3. The van der Waals surface area contributed by atoms with Gasteiger partial charge in [-0.2, -0.15) is 0 Å². The Morgan fingerprint density at radius 2 is 2.17 bits per heavy atom. The third kappa shape index (κ3) is 3.61. The lowest BCUT2D eigenvalue weighted by molar-refractivity contribution is 0.0987. The van der Waals surface area contributed by atoms with E-state index < -0.39 is 6.10 Å². The zero-order valence-electron chi connectivity index (χ0n) is 12.4. The van der Waals surface area contributed by atoms with Crippen molar-refractivity contribution >= 4 is 39.9 Å². The summed E-state index contributed by atoms with van der Waals surface area (Å²) < 4.78 is 1.85. The molecule has 2 aromatic rings. The lowest BCUT2D eigenvalue weighted by Crippen LogP contribution is -2.46. The number of fused-ring (bicyclic) bond motifs is 1. The minimum Gasteiger partial charge on any atom is -0.411 e. The smallest absolute Gasteiger partial charge is 0.0961 e. The first-order chi connectivity index (χ1) is 11.1. The van der Waals surface area contributed by atoms with Crippen molar-refractivity contribution < 1.29 is 10.3 Å². The summed E-state index contributed by atoms with van der Waals surface area (Å²) in [5.41, 5.74) is 2.11. The van der Waals surface area contributed by atoms with Gasteiger partial charge in [-0.15, -0.1) is 0 Å². The van der Waals surface area contributed by atoms with Gasteiger partial charge in [-0.3, -0.25) is 0 Å². The highest BCUT2D eigenvalue weighted by Crippen LogP contribution is 2.27. The molecule has 0 bridgehead atoms. The number of aromatic nitrogens is 2. The molecule has 1 fully saturated rings. The lowest BCUT2D eigenvalue weighted by Gasteiger charge is -2.29. The molecule has 124 valence electrons. The van der Waals surface area contributed by atoms with Crippen LogP contribution < -0.4 is 5.32 Å². The van der Waals surface area contributed by atoms with Gasteiger partial charge in [0.25, 0.3) is 0 Å². The molecule has 1 aromatic heterocycles. The summed E-state index contributed by atoms with van der Waals surface area (Å²) in [4.78, 5) is 4.29. The summed E-state index contributed by atoms with van der Waals surface area (Å²) in [6.07, 6.45) is 3.42. The minimum atomic E-state index is -0.423. The number of imidazole rings is 1. The number of nitrogens with zero attached hydrogens (tertiary/aromatic N) is 3. The average molecular weight is 357 g/mol. The third-order valence-electron chi connectivity index (χ3n) is 4.16. The predicted octanol–water partition coefficient (Wildman–Crippen LogP) is 2.68. The van der Waals surface area contributed by atoms with Crippen molar-refractivity contribution in [2.24, 2.45) is 5.16 Å². The molecule has 1 aliphatic rings. The van der Waals surface area contributed by atoms with Crippen molar-refractivity contribution in [2.45, 2.75) is 38.0 Å². The average Bonchev–Trinajstić information content (AvgIpc) is 2.91. The number of hydrogen-bond acceptors (Lipinski definition) is 5. The molecular formula is C15H18Cl2N4O2. The molecule has 2 atom stereocenters. The van der Waals surface area contributed by atoms with Crippen molar-refractivity contribution in [1.82, 2.24) is 14.9 Å². The molecule has 1 saturated heterocycles. The number of nitrogens with one attached hydrogen (secondary N) is 1. The van der Waals surface area contributed by atoms with Gasteiger partial charge in [0.2, 0.25) is 0 Å². The van der Waals surface area contributed by atoms with Crippen LogP contribution in [0.3, 0.4) is 0 Å². The molecule has 0 unspecified atom stereocenters. The fraction of sp³-hybridized carbons (Fsp3) is 0.467. The molecule has 0 spiro atoms. The SMILES string of the molecule is ON=C(C[C@H]1NCCC[C@@H]1O)Cn1cnc2cc(Cl)c(Cl)cc21. The van der Waals surface area contributed by atoms with Crippen LogP contribution >= 0.6 is 23.2 Å². The second-order valence-corrected chi connectivity index (χ2v) is 6.58. The Hall–Kier alpha value is -1.34. The second kappa shape index (κ2) is 7.05. The van der Waals surface area contributed by atoms with Gasteiger partial charge in [0.05, 0.1) is 45.8 Å². The number of halogens is 2. The fourth-order valence-corrected chi connectivity index (χ4v) is 3.23. The number of benzene rings is 1. The molecular weight excluding hydrogens is 339 g/mol. The Balaban J connectivity index is 1.78. The Labute approximate surface area is 143 Å². The van der Waals surface area contributed by atoms with Crippen LogP contribution in [0.5, 0.6) is 0 Å². The number of aliphatic hydroxyl groups is 1. The van der Waals surface area contributed by atoms with Crippen molar-refractivity contribution in [3.05, 3.63) is 28.5 Å². The monoisotopic (exact) mass is 356 g/mol. The topological polar surface area (TPSA) is 82.7 Å². The van der Waals surface area contributed by atoms with E-state index in [1.54, 1.807) is 18.5 Å². The molecule has 0 saturated carbocycles. The number of rotatable bonds is 4. The lowest BCUT2D eigenvalue weighted by atomic mass is 9.96. The standard InChI is InChI=1S/C15H18Cl2N4O2/c16-10-5-12-14(6-11(10)17)21(8-19-12)7-9(20-23)4-13-15(22)2-1-3-18-13/h5-6,8,13,15,18,22-23H,1-4,7H2/t13-,15+/m1/s1. The molecule has 0 amide bonds. The van der Waals surface area contributed by atoms with E-state index in [0.717, 1.165) is 30.4 Å². The van der Waals surface area contributed by atoms with Gasteiger partial charge in [-0.05, 0) is 31.5 Å². The van der Waals surface area contributed by atoms with E-state index in [1.165, 1.54) is 0 Å². The predicted molar refractivity (Wildman–Crippen MR) is 90.6 cm³/mol. The van der Waals surface area contributed by atoms with Crippen LogP contribution in [0.2, 0.25) is 10.0 Å².